The van der Waals surface area contributed by atoms with Crippen LogP contribution in [0.3, 0.4) is 0 Å². The van der Waals surface area contributed by atoms with Crippen LogP contribution in [0.4, 0.5) is 0 Å². The number of Topliss-reactive ketones (excluding diaryl/α,β-unsaturated/α-hetero) is 2. The molecule has 0 amide bonds. The number of aliphatic hydroxyl groups is 1. The van der Waals surface area contributed by atoms with Crippen LogP contribution in [-0.2, 0) is 25.5 Å². The van der Waals surface area contributed by atoms with Crippen LogP contribution >= 0.6 is 0 Å². The van der Waals surface area contributed by atoms with E-state index < -0.39 is 46.1 Å². The Morgan fingerprint density at radius 2 is 1.73 bits per heavy atom. The van der Waals surface area contributed by atoms with Gasteiger partial charge in [-0.25, -0.2) is 4.79 Å². The van der Waals surface area contributed by atoms with Gasteiger partial charge in [0.2, 0.25) is 0 Å². The van der Waals surface area contributed by atoms with Gasteiger partial charge in [-0.1, -0.05) is 53.6 Å². The molecule has 11 nitrogen and oxygen atoms in total. The molecule has 0 radical (unpaired) electrons. The minimum absolute atomic E-state index is 0.00621. The Morgan fingerprint density at radius 3 is 2.44 bits per heavy atom. The first-order chi connectivity index (χ1) is 30.0. The van der Waals surface area contributed by atoms with Crippen molar-refractivity contribution in [2.24, 2.45) is 28.7 Å². The van der Waals surface area contributed by atoms with Crippen molar-refractivity contribution >= 4 is 35.0 Å². The molecule has 8 aliphatic rings. The standard InChI is InChI=1S/C52H60N2O9/c1-28(2)13-12-20-50(8)21-19-34-44(61-50)33(17-16-29(3)4)46-39(45(34)60-26-24-53-23-25-55)42-40-37(38-41(54-42)31-14-10-11-15-32(31)43(38)56)35-27-36-49(6,7)63-51(47(35)57,52(36,40)62-46)22-18-30(5)48(58)59-9/h10-11,13-16,18-19,21,35-38,53,55H,12,17,20,22-27H2,1-9H3/b30-18-. The number of aliphatic imine (C=N–C) groups is 1. The van der Waals surface area contributed by atoms with Gasteiger partial charge in [0.05, 0.1) is 47.8 Å². The van der Waals surface area contributed by atoms with E-state index in [1.165, 1.54) is 12.7 Å². The van der Waals surface area contributed by atoms with E-state index in [9.17, 15) is 14.7 Å². The van der Waals surface area contributed by atoms with Crippen LogP contribution in [0, 0.1) is 23.7 Å². The quantitative estimate of drug-likeness (QED) is 0.0829. The number of aliphatic hydroxyl groups excluding tert-OH is 1. The number of nitrogens with one attached hydrogen (secondary N) is 1. The van der Waals surface area contributed by atoms with Crippen LogP contribution in [0.1, 0.15) is 114 Å². The van der Waals surface area contributed by atoms with Gasteiger partial charge in [0.25, 0.3) is 0 Å². The maximum Gasteiger partial charge on any atom is 0.333 e. The van der Waals surface area contributed by atoms with E-state index in [-0.39, 0.29) is 37.1 Å². The number of hydrogen-bond donors (Lipinski definition) is 2. The van der Waals surface area contributed by atoms with Gasteiger partial charge in [0, 0.05) is 65.1 Å². The highest BCUT2D eigenvalue weighted by molar-refractivity contribution is 6.31. The first kappa shape index (κ1) is 43.2. The molecule has 4 aliphatic heterocycles. The Bertz CT molecular complexity index is 2510. The number of ketones is 2. The molecule has 7 atom stereocenters. The number of allylic oxidation sites excluding steroid dienone is 4. The average Bonchev–Trinajstić information content (AvgIpc) is 3.61. The van der Waals surface area contributed by atoms with E-state index in [2.05, 4.69) is 64.2 Å². The van der Waals surface area contributed by atoms with Crippen molar-refractivity contribution in [2.75, 3.05) is 33.4 Å². The Hall–Kier alpha value is -5.10. The summed E-state index contributed by atoms with van der Waals surface area (Å²) in [6, 6.07) is 7.62. The van der Waals surface area contributed by atoms with E-state index >= 15 is 4.79 Å². The van der Waals surface area contributed by atoms with Crippen LogP contribution in [0.2, 0.25) is 0 Å². The molecule has 7 unspecified atom stereocenters. The van der Waals surface area contributed by atoms with Gasteiger partial charge in [-0.2, -0.15) is 0 Å². The number of rotatable bonds is 14. The second kappa shape index (κ2) is 15.6. The summed E-state index contributed by atoms with van der Waals surface area (Å²) < 4.78 is 34.4. The summed E-state index contributed by atoms with van der Waals surface area (Å²) in [6.45, 7) is 17.3. The van der Waals surface area contributed by atoms with Crippen LogP contribution < -0.4 is 19.5 Å². The Balaban J connectivity index is 1.37. The van der Waals surface area contributed by atoms with E-state index in [0.29, 0.717) is 71.3 Å². The molecule has 1 spiro atoms. The van der Waals surface area contributed by atoms with Crippen LogP contribution in [0.25, 0.3) is 11.8 Å². The normalized spacial score (nSPS) is 29.7. The van der Waals surface area contributed by atoms with Crippen molar-refractivity contribution in [1.29, 1.82) is 0 Å². The molecule has 332 valence electrons. The molecule has 3 saturated carbocycles. The summed E-state index contributed by atoms with van der Waals surface area (Å²) in [4.78, 5) is 49.1. The molecule has 4 fully saturated rings. The van der Waals surface area contributed by atoms with Gasteiger partial charge < -0.3 is 34.1 Å². The lowest BCUT2D eigenvalue weighted by molar-refractivity contribution is -0.183. The van der Waals surface area contributed by atoms with Crippen molar-refractivity contribution < 1.29 is 43.2 Å². The molecule has 2 aromatic carbocycles. The largest absolute Gasteiger partial charge is 0.491 e. The lowest BCUT2D eigenvalue weighted by Crippen LogP contribution is -2.75. The predicted molar refractivity (Wildman–Crippen MR) is 241 cm³/mol. The number of carbonyl (C=O) groups is 3. The fraction of sp³-hybridized carbons (Fsp3) is 0.500. The van der Waals surface area contributed by atoms with Crippen molar-refractivity contribution in [3.63, 3.8) is 0 Å². The third-order valence-electron chi connectivity index (χ3n) is 14.5. The Morgan fingerprint density at radius 1 is 0.984 bits per heavy atom. The van der Waals surface area contributed by atoms with E-state index in [1.54, 1.807) is 13.0 Å². The zero-order valence-electron chi connectivity index (χ0n) is 38.0. The SMILES string of the molecule is COC(=O)/C(C)=C\CC12OC(C)(C)C3CC(C1=O)C1C4=C(N=C5c6ccccc6C(=O)C51)c1c(OCCNCCO)c5c(c(CC=C(C)C)c1OC432)OC(C)(CCC=C(C)C)C=C5. The van der Waals surface area contributed by atoms with Gasteiger partial charge in [-0.05, 0) is 93.2 Å². The summed E-state index contributed by atoms with van der Waals surface area (Å²) in [5.41, 5.74) is 3.88. The highest BCUT2D eigenvalue weighted by atomic mass is 16.6. The molecule has 0 aromatic heterocycles. The molecule has 4 heterocycles. The first-order valence-electron chi connectivity index (χ1n) is 22.5. The van der Waals surface area contributed by atoms with Crippen molar-refractivity contribution in [3.05, 3.63) is 98.7 Å². The number of nitrogens with zero attached hydrogens (tertiary/aromatic N) is 1. The maximum atomic E-state index is 15.8. The van der Waals surface area contributed by atoms with E-state index in [0.717, 1.165) is 40.7 Å². The summed E-state index contributed by atoms with van der Waals surface area (Å²) in [5.74, 6) is -1.13. The van der Waals surface area contributed by atoms with Crippen molar-refractivity contribution in [2.45, 2.75) is 110 Å². The monoisotopic (exact) mass is 856 g/mol. The molecule has 4 aliphatic carbocycles. The van der Waals surface area contributed by atoms with Gasteiger partial charge in [-0.3, -0.25) is 14.6 Å². The molecule has 2 N–H and O–H groups in total. The van der Waals surface area contributed by atoms with Gasteiger partial charge in [0.1, 0.15) is 29.5 Å². The summed E-state index contributed by atoms with van der Waals surface area (Å²) in [7, 11) is 1.34. The van der Waals surface area contributed by atoms with Gasteiger partial charge in [0.15, 0.2) is 22.8 Å². The fourth-order valence-corrected chi connectivity index (χ4v) is 11.8. The minimum atomic E-state index is -1.58. The zero-order valence-corrected chi connectivity index (χ0v) is 38.0. The van der Waals surface area contributed by atoms with Crippen molar-refractivity contribution in [1.82, 2.24) is 5.32 Å². The zero-order chi connectivity index (χ0) is 44.8. The van der Waals surface area contributed by atoms with Crippen LogP contribution in [0.15, 0.2) is 75.9 Å². The fourth-order valence-electron chi connectivity index (χ4n) is 11.8. The number of benzene rings is 2. The van der Waals surface area contributed by atoms with Gasteiger partial charge >= 0.3 is 5.97 Å². The number of methoxy groups -OCH3 is 1. The highest BCUT2D eigenvalue weighted by Gasteiger charge is 2.84. The lowest BCUT2D eigenvalue weighted by Gasteiger charge is -2.62. The second-order valence-corrected chi connectivity index (χ2v) is 19.5. The Kier molecular flexibility index (Phi) is 10.7. The van der Waals surface area contributed by atoms with Crippen LogP contribution in [-0.4, -0.2) is 84.2 Å². The number of fused-ring (bicyclic) bond motifs is 6. The summed E-state index contributed by atoms with van der Waals surface area (Å²) in [6.07, 6.45) is 12.9. The van der Waals surface area contributed by atoms with Crippen molar-refractivity contribution in [3.8, 4) is 17.2 Å². The predicted octanol–water partition coefficient (Wildman–Crippen LogP) is 8.12. The molecular formula is C52H60N2O9. The first-order valence-corrected chi connectivity index (χ1v) is 22.5. The second-order valence-electron chi connectivity index (χ2n) is 19.5. The molecule has 2 aromatic rings. The third kappa shape index (κ3) is 6.38. The smallest absolute Gasteiger partial charge is 0.333 e. The minimum Gasteiger partial charge on any atom is -0.491 e. The number of carbonyl (C=O) groups excluding carboxylic acids is 3. The molecule has 4 bridgehead atoms. The molecular weight excluding hydrogens is 797 g/mol. The van der Waals surface area contributed by atoms with E-state index in [1.807, 2.05) is 38.1 Å². The van der Waals surface area contributed by atoms with Crippen LogP contribution in [0.5, 0.6) is 17.2 Å². The molecule has 63 heavy (non-hydrogen) atoms. The van der Waals surface area contributed by atoms with Gasteiger partial charge in [-0.15, -0.1) is 0 Å². The summed E-state index contributed by atoms with van der Waals surface area (Å²) in [5, 5.41) is 12.8. The maximum absolute atomic E-state index is 15.8. The number of esters is 1. The Labute approximate surface area is 370 Å². The highest BCUT2D eigenvalue weighted by Crippen LogP contribution is 2.74. The van der Waals surface area contributed by atoms with E-state index in [4.69, 9.17) is 28.7 Å². The topological polar surface area (TPSA) is 142 Å². The molecule has 10 rings (SSSR count). The molecule has 11 heteroatoms. The average molecular weight is 857 g/mol. The summed E-state index contributed by atoms with van der Waals surface area (Å²) >= 11 is 0. The third-order valence-corrected chi connectivity index (χ3v) is 14.5. The molecule has 1 saturated heterocycles. The number of hydrogen-bond acceptors (Lipinski definition) is 11. The number of ether oxygens (including phenoxy) is 5. The lowest BCUT2D eigenvalue weighted by atomic mass is 9.43.